The highest BCUT2D eigenvalue weighted by atomic mass is 32.2. The lowest BCUT2D eigenvalue weighted by Gasteiger charge is -2.23. The number of rotatable bonds is 8. The summed E-state index contributed by atoms with van der Waals surface area (Å²) in [6.45, 7) is 2.60. The van der Waals surface area contributed by atoms with Crippen LogP contribution in [0.2, 0.25) is 0 Å². The number of hydrogen-bond acceptors (Lipinski definition) is 4. The summed E-state index contributed by atoms with van der Waals surface area (Å²) in [5.41, 5.74) is 1.28. The smallest absolute Gasteiger partial charge is 0.147 e. The van der Waals surface area contributed by atoms with Crippen molar-refractivity contribution in [3.63, 3.8) is 0 Å². The minimum Gasteiger partial charge on any atom is -0.378 e. The Balaban J connectivity index is 2.14. The number of nitriles is 1. The fourth-order valence-electron chi connectivity index (χ4n) is 2.52. The van der Waals surface area contributed by atoms with Crippen molar-refractivity contribution in [2.24, 2.45) is 0 Å². The van der Waals surface area contributed by atoms with Crippen LogP contribution < -0.4 is 5.32 Å². The normalized spacial score (nSPS) is 12.0. The van der Waals surface area contributed by atoms with Crippen LogP contribution in [-0.4, -0.2) is 37.3 Å². The molecule has 0 bridgehead atoms. The third-order valence-electron chi connectivity index (χ3n) is 3.89. The number of thioether (sulfide) groups is 1. The summed E-state index contributed by atoms with van der Waals surface area (Å²) in [5.74, 6) is -0.00213. The van der Waals surface area contributed by atoms with Crippen molar-refractivity contribution in [2.75, 3.05) is 31.7 Å². The van der Waals surface area contributed by atoms with Crippen molar-refractivity contribution in [1.82, 2.24) is 4.90 Å². The van der Waals surface area contributed by atoms with Crippen LogP contribution in [0.25, 0.3) is 0 Å². The molecule has 2 aromatic rings. The zero-order valence-electron chi connectivity index (χ0n) is 15.2. The minimum atomic E-state index is -0.414. The molecular formula is C20H23F2N3S. The van der Waals surface area contributed by atoms with E-state index >= 15 is 0 Å². The van der Waals surface area contributed by atoms with Crippen molar-refractivity contribution < 1.29 is 8.78 Å². The third-order valence-corrected chi connectivity index (χ3v) is 5.07. The number of anilines is 1. The molecule has 3 nitrogen and oxygen atoms in total. The average Bonchev–Trinajstić information content (AvgIpc) is 2.60. The van der Waals surface area contributed by atoms with Gasteiger partial charge in [0.05, 0.1) is 11.3 Å². The standard InChI is InChI=1S/C20H23F2N3S/c1-14-10-15(12-23)20(19(22)11-14)24-17(8-9-25(2)3)13-26-18-6-4-16(21)5-7-18/h4-7,10-11,17,24H,8-9,13H2,1-3H3/t17-/m1/s1. The molecular weight excluding hydrogens is 352 g/mol. The van der Waals surface area contributed by atoms with Gasteiger partial charge in [-0.25, -0.2) is 8.78 Å². The molecule has 0 spiro atoms. The van der Waals surface area contributed by atoms with E-state index in [1.54, 1.807) is 36.9 Å². The Morgan fingerprint density at radius 3 is 2.50 bits per heavy atom. The molecule has 2 aromatic carbocycles. The molecule has 0 saturated heterocycles. The van der Waals surface area contributed by atoms with Crippen molar-refractivity contribution >= 4 is 17.4 Å². The molecule has 0 aliphatic carbocycles. The first kappa shape index (κ1) is 20.2. The number of halogens is 2. The molecule has 6 heteroatoms. The summed E-state index contributed by atoms with van der Waals surface area (Å²) in [5, 5.41) is 12.5. The second kappa shape index (κ2) is 9.56. The van der Waals surface area contributed by atoms with E-state index in [0.717, 1.165) is 23.4 Å². The molecule has 1 N–H and O–H groups in total. The Bertz CT molecular complexity index is 770. The average molecular weight is 375 g/mol. The van der Waals surface area contributed by atoms with Gasteiger partial charge < -0.3 is 10.2 Å². The lowest BCUT2D eigenvalue weighted by Crippen LogP contribution is -2.28. The van der Waals surface area contributed by atoms with Crippen LogP contribution in [0.4, 0.5) is 14.5 Å². The Morgan fingerprint density at radius 1 is 1.19 bits per heavy atom. The van der Waals surface area contributed by atoms with E-state index in [1.165, 1.54) is 18.2 Å². The molecule has 0 aromatic heterocycles. The predicted octanol–water partition coefficient (Wildman–Crippen LogP) is 4.67. The molecule has 0 saturated carbocycles. The first-order valence-corrected chi connectivity index (χ1v) is 9.37. The summed E-state index contributed by atoms with van der Waals surface area (Å²) in [6.07, 6.45) is 0.791. The van der Waals surface area contributed by atoms with Crippen LogP contribution in [0.3, 0.4) is 0 Å². The first-order chi connectivity index (χ1) is 12.4. The van der Waals surface area contributed by atoms with E-state index in [0.29, 0.717) is 11.3 Å². The molecule has 26 heavy (non-hydrogen) atoms. The molecule has 138 valence electrons. The van der Waals surface area contributed by atoms with Gasteiger partial charge in [0.25, 0.3) is 0 Å². The lowest BCUT2D eigenvalue weighted by atomic mass is 10.1. The van der Waals surface area contributed by atoms with Gasteiger partial charge in [-0.2, -0.15) is 5.26 Å². The maximum atomic E-state index is 14.4. The Kier molecular flexibility index (Phi) is 7.43. The lowest BCUT2D eigenvalue weighted by molar-refractivity contribution is 0.391. The van der Waals surface area contributed by atoms with Gasteiger partial charge >= 0.3 is 0 Å². The summed E-state index contributed by atoms with van der Waals surface area (Å²) in [7, 11) is 3.97. The monoisotopic (exact) mass is 375 g/mol. The van der Waals surface area contributed by atoms with Gasteiger partial charge in [0.2, 0.25) is 0 Å². The first-order valence-electron chi connectivity index (χ1n) is 8.39. The summed E-state index contributed by atoms with van der Waals surface area (Å²) in [4.78, 5) is 3.02. The van der Waals surface area contributed by atoms with Gasteiger partial charge in [-0.05, 0) is 75.9 Å². The van der Waals surface area contributed by atoms with Crippen LogP contribution in [0.15, 0.2) is 41.3 Å². The van der Waals surface area contributed by atoms with E-state index in [1.807, 2.05) is 14.1 Å². The van der Waals surface area contributed by atoms with Crippen LogP contribution in [0.1, 0.15) is 17.5 Å². The Labute approximate surface area is 158 Å². The summed E-state index contributed by atoms with van der Waals surface area (Å²) < 4.78 is 27.4. The van der Waals surface area contributed by atoms with E-state index in [-0.39, 0.29) is 17.5 Å². The quantitative estimate of drug-likeness (QED) is 0.681. The van der Waals surface area contributed by atoms with Crippen molar-refractivity contribution in [2.45, 2.75) is 24.3 Å². The van der Waals surface area contributed by atoms with Crippen molar-refractivity contribution in [3.8, 4) is 6.07 Å². The van der Waals surface area contributed by atoms with Gasteiger partial charge in [0.1, 0.15) is 17.7 Å². The van der Waals surface area contributed by atoms with Gasteiger partial charge in [0.15, 0.2) is 0 Å². The van der Waals surface area contributed by atoms with Crippen LogP contribution in [0.5, 0.6) is 0 Å². The third kappa shape index (κ3) is 6.01. The number of nitrogens with zero attached hydrogens (tertiary/aromatic N) is 2. The molecule has 0 aliphatic heterocycles. The highest BCUT2D eigenvalue weighted by molar-refractivity contribution is 7.99. The second-order valence-corrected chi connectivity index (χ2v) is 7.57. The van der Waals surface area contributed by atoms with Gasteiger partial charge in [0, 0.05) is 16.7 Å². The molecule has 0 heterocycles. The zero-order valence-corrected chi connectivity index (χ0v) is 16.0. The molecule has 0 fully saturated rings. The summed E-state index contributed by atoms with van der Waals surface area (Å²) in [6, 6.07) is 11.5. The molecule has 0 amide bonds. The van der Waals surface area contributed by atoms with Gasteiger partial charge in [-0.1, -0.05) is 0 Å². The minimum absolute atomic E-state index is 0.0308. The zero-order chi connectivity index (χ0) is 19.1. The van der Waals surface area contributed by atoms with Crippen molar-refractivity contribution in [1.29, 1.82) is 5.26 Å². The predicted molar refractivity (Wildman–Crippen MR) is 104 cm³/mol. The number of nitrogens with one attached hydrogen (secondary N) is 1. The van der Waals surface area contributed by atoms with E-state index in [9.17, 15) is 14.0 Å². The largest absolute Gasteiger partial charge is 0.378 e. The van der Waals surface area contributed by atoms with Crippen LogP contribution in [0, 0.1) is 29.9 Å². The van der Waals surface area contributed by atoms with E-state index in [4.69, 9.17) is 0 Å². The highest BCUT2D eigenvalue weighted by Gasteiger charge is 2.16. The Morgan fingerprint density at radius 2 is 1.88 bits per heavy atom. The molecule has 0 aliphatic rings. The molecule has 0 unspecified atom stereocenters. The van der Waals surface area contributed by atoms with Crippen LogP contribution in [-0.2, 0) is 0 Å². The van der Waals surface area contributed by atoms with Crippen LogP contribution >= 0.6 is 11.8 Å². The van der Waals surface area contributed by atoms with Gasteiger partial charge in [-0.3, -0.25) is 0 Å². The molecule has 0 radical (unpaired) electrons. The fourth-order valence-corrected chi connectivity index (χ4v) is 3.49. The van der Waals surface area contributed by atoms with Gasteiger partial charge in [-0.15, -0.1) is 11.8 Å². The van der Waals surface area contributed by atoms with E-state index < -0.39 is 5.82 Å². The molecule has 1 atom stereocenters. The Hall–Kier alpha value is -2.10. The molecule has 2 rings (SSSR count). The number of hydrogen-bond donors (Lipinski definition) is 1. The highest BCUT2D eigenvalue weighted by Crippen LogP contribution is 2.26. The summed E-state index contributed by atoms with van der Waals surface area (Å²) >= 11 is 1.58. The fraction of sp³-hybridized carbons (Fsp3) is 0.350. The second-order valence-electron chi connectivity index (χ2n) is 6.48. The van der Waals surface area contributed by atoms with Crippen molar-refractivity contribution in [3.05, 3.63) is 59.2 Å². The maximum absolute atomic E-state index is 14.4. The number of benzene rings is 2. The number of aryl methyl sites for hydroxylation is 1. The SMILES string of the molecule is Cc1cc(F)c(N[C@H](CCN(C)C)CSc2ccc(F)cc2)c(C#N)c1. The topological polar surface area (TPSA) is 39.1 Å². The van der Waals surface area contributed by atoms with E-state index in [2.05, 4.69) is 16.3 Å². The maximum Gasteiger partial charge on any atom is 0.147 e.